The van der Waals surface area contributed by atoms with E-state index >= 15 is 0 Å². The van der Waals surface area contributed by atoms with E-state index in [0.29, 0.717) is 4.88 Å². The lowest BCUT2D eigenvalue weighted by molar-refractivity contribution is -0.164. The van der Waals surface area contributed by atoms with E-state index in [2.05, 4.69) is 5.32 Å². The molecule has 0 spiro atoms. The molecule has 2 N–H and O–H groups in total. The van der Waals surface area contributed by atoms with Gasteiger partial charge in [0, 0.05) is 4.88 Å². The number of amides is 1. The number of thiophene rings is 1. The third-order valence-electron chi connectivity index (χ3n) is 3.36. The van der Waals surface area contributed by atoms with Gasteiger partial charge < -0.3 is 15.2 Å². The number of esters is 1. The molecule has 1 aromatic heterocycles. The minimum atomic E-state index is -1.35. The van der Waals surface area contributed by atoms with Gasteiger partial charge in [0.15, 0.2) is 6.10 Å². The molecule has 1 aliphatic rings. The normalized spacial score (nSPS) is 15.8. The standard InChI is InChI=1S/C16H23NO4S/c1-16(2,3)21-15(20)11(18)9-17-14(19)13-8-10-6-4-5-7-12(10)22-13/h8,11,18H,4-7,9H2,1-3H3,(H,17,19)/t11-/m1/s1. The van der Waals surface area contributed by atoms with Crippen molar-refractivity contribution in [2.45, 2.75) is 58.2 Å². The third kappa shape index (κ3) is 4.55. The smallest absolute Gasteiger partial charge is 0.337 e. The van der Waals surface area contributed by atoms with Crippen LogP contribution in [-0.2, 0) is 22.4 Å². The number of nitrogens with one attached hydrogen (secondary N) is 1. The van der Waals surface area contributed by atoms with Crippen molar-refractivity contribution in [3.63, 3.8) is 0 Å². The van der Waals surface area contributed by atoms with Crippen molar-refractivity contribution in [1.29, 1.82) is 0 Å². The van der Waals surface area contributed by atoms with E-state index in [0.717, 1.165) is 12.8 Å². The van der Waals surface area contributed by atoms with E-state index in [1.165, 1.54) is 34.6 Å². The van der Waals surface area contributed by atoms with Crippen LogP contribution in [0.1, 0.15) is 53.7 Å². The molecule has 0 saturated heterocycles. The van der Waals surface area contributed by atoms with Crippen LogP contribution >= 0.6 is 11.3 Å². The Morgan fingerprint density at radius 1 is 1.36 bits per heavy atom. The van der Waals surface area contributed by atoms with Crippen molar-refractivity contribution in [2.24, 2.45) is 0 Å². The first-order chi connectivity index (χ1) is 10.3. The first kappa shape index (κ1) is 17.0. The lowest BCUT2D eigenvalue weighted by Crippen LogP contribution is -2.40. The Morgan fingerprint density at radius 3 is 2.68 bits per heavy atom. The third-order valence-corrected chi connectivity index (χ3v) is 4.59. The maximum Gasteiger partial charge on any atom is 0.337 e. The zero-order chi connectivity index (χ0) is 16.3. The molecule has 0 bridgehead atoms. The highest BCUT2D eigenvalue weighted by Gasteiger charge is 2.24. The molecule has 6 heteroatoms. The van der Waals surface area contributed by atoms with Crippen molar-refractivity contribution in [2.75, 3.05) is 6.54 Å². The van der Waals surface area contributed by atoms with Crippen LogP contribution in [0.3, 0.4) is 0 Å². The van der Waals surface area contributed by atoms with E-state index in [-0.39, 0.29) is 12.5 Å². The molecule has 0 fully saturated rings. The summed E-state index contributed by atoms with van der Waals surface area (Å²) in [6.45, 7) is 5.04. The van der Waals surface area contributed by atoms with Gasteiger partial charge in [-0.05, 0) is 58.1 Å². The summed E-state index contributed by atoms with van der Waals surface area (Å²) in [6, 6.07) is 1.92. The van der Waals surface area contributed by atoms with Crippen molar-refractivity contribution in [3.05, 3.63) is 21.4 Å². The van der Waals surface area contributed by atoms with E-state index < -0.39 is 17.7 Å². The summed E-state index contributed by atoms with van der Waals surface area (Å²) in [5, 5.41) is 12.3. The Hall–Kier alpha value is -1.40. The lowest BCUT2D eigenvalue weighted by atomic mass is 9.99. The fraction of sp³-hybridized carbons (Fsp3) is 0.625. The molecule has 1 atom stereocenters. The summed E-state index contributed by atoms with van der Waals surface area (Å²) in [7, 11) is 0. The number of hydrogen-bond acceptors (Lipinski definition) is 5. The van der Waals surface area contributed by atoms with Gasteiger partial charge in [0.25, 0.3) is 5.91 Å². The summed E-state index contributed by atoms with van der Waals surface area (Å²) in [6.07, 6.45) is 3.06. The summed E-state index contributed by atoms with van der Waals surface area (Å²) in [5.41, 5.74) is 0.601. The molecule has 2 rings (SSSR count). The monoisotopic (exact) mass is 325 g/mol. The molecule has 1 aliphatic carbocycles. The van der Waals surface area contributed by atoms with Gasteiger partial charge >= 0.3 is 5.97 Å². The molecule has 0 radical (unpaired) electrons. The Bertz CT molecular complexity index is 535. The molecule has 1 heterocycles. The fourth-order valence-electron chi connectivity index (χ4n) is 2.33. The van der Waals surface area contributed by atoms with Crippen molar-refractivity contribution >= 4 is 23.2 Å². The van der Waals surface area contributed by atoms with E-state index in [9.17, 15) is 14.7 Å². The van der Waals surface area contributed by atoms with Crippen molar-refractivity contribution in [3.8, 4) is 0 Å². The highest BCUT2D eigenvalue weighted by atomic mass is 32.1. The molecule has 0 aromatic carbocycles. The molecule has 1 aromatic rings. The van der Waals surface area contributed by atoms with Gasteiger partial charge in [-0.2, -0.15) is 0 Å². The number of aliphatic hydroxyl groups excluding tert-OH is 1. The number of ether oxygens (including phenoxy) is 1. The first-order valence-electron chi connectivity index (χ1n) is 7.57. The average Bonchev–Trinajstić information content (AvgIpc) is 2.86. The molecular weight excluding hydrogens is 302 g/mol. The Kier molecular flexibility index (Phi) is 5.24. The lowest BCUT2D eigenvalue weighted by Gasteiger charge is -2.21. The van der Waals surface area contributed by atoms with E-state index in [1.807, 2.05) is 6.07 Å². The van der Waals surface area contributed by atoms with Crippen LogP contribution in [0.2, 0.25) is 0 Å². The highest BCUT2D eigenvalue weighted by molar-refractivity contribution is 7.14. The van der Waals surface area contributed by atoms with Crippen molar-refractivity contribution < 1.29 is 19.4 Å². The van der Waals surface area contributed by atoms with E-state index in [4.69, 9.17) is 4.74 Å². The van der Waals surface area contributed by atoms with Gasteiger partial charge in [-0.25, -0.2) is 4.79 Å². The van der Waals surface area contributed by atoms with Crippen LogP contribution < -0.4 is 5.32 Å². The SMILES string of the molecule is CC(C)(C)OC(=O)[C@H](O)CNC(=O)c1cc2c(s1)CCCC2. The number of rotatable bonds is 4. The summed E-state index contributed by atoms with van der Waals surface area (Å²) >= 11 is 1.50. The molecule has 5 nitrogen and oxygen atoms in total. The summed E-state index contributed by atoms with van der Waals surface area (Å²) in [4.78, 5) is 25.7. The molecule has 0 saturated carbocycles. The van der Waals surface area contributed by atoms with Crippen LogP contribution in [0, 0.1) is 0 Å². The number of carbonyl (C=O) groups is 2. The number of aryl methyl sites for hydroxylation is 2. The van der Waals surface area contributed by atoms with E-state index in [1.54, 1.807) is 20.8 Å². The second kappa shape index (κ2) is 6.79. The predicted molar refractivity (Wildman–Crippen MR) is 85.1 cm³/mol. The summed E-state index contributed by atoms with van der Waals surface area (Å²) < 4.78 is 5.07. The van der Waals surface area contributed by atoms with Crippen LogP contribution in [0.15, 0.2) is 6.07 Å². The van der Waals surface area contributed by atoms with Crippen LogP contribution in [0.25, 0.3) is 0 Å². The number of aliphatic hydroxyl groups is 1. The Labute approximate surface area is 134 Å². The zero-order valence-electron chi connectivity index (χ0n) is 13.3. The van der Waals surface area contributed by atoms with Crippen LogP contribution in [0.4, 0.5) is 0 Å². The predicted octanol–water partition coefficient (Wildman–Crippen LogP) is 2.06. The van der Waals surface area contributed by atoms with Gasteiger partial charge in [-0.1, -0.05) is 0 Å². The van der Waals surface area contributed by atoms with Crippen LogP contribution in [-0.4, -0.2) is 35.2 Å². The molecule has 0 unspecified atom stereocenters. The highest BCUT2D eigenvalue weighted by Crippen LogP contribution is 2.29. The molecule has 1 amide bonds. The average molecular weight is 325 g/mol. The Morgan fingerprint density at radius 2 is 2.05 bits per heavy atom. The first-order valence-corrected chi connectivity index (χ1v) is 8.38. The van der Waals surface area contributed by atoms with Gasteiger partial charge in [-0.3, -0.25) is 4.79 Å². The minimum Gasteiger partial charge on any atom is -0.458 e. The van der Waals surface area contributed by atoms with Crippen LogP contribution in [0.5, 0.6) is 0 Å². The Balaban J connectivity index is 1.87. The number of carbonyl (C=O) groups excluding carboxylic acids is 2. The number of hydrogen-bond donors (Lipinski definition) is 2. The topological polar surface area (TPSA) is 75.6 Å². The maximum atomic E-state index is 12.1. The number of fused-ring (bicyclic) bond motifs is 1. The second-order valence-electron chi connectivity index (χ2n) is 6.53. The maximum absolute atomic E-state index is 12.1. The second-order valence-corrected chi connectivity index (χ2v) is 7.66. The van der Waals surface area contributed by atoms with Gasteiger partial charge in [0.2, 0.25) is 0 Å². The summed E-state index contributed by atoms with van der Waals surface area (Å²) in [5.74, 6) is -0.972. The largest absolute Gasteiger partial charge is 0.458 e. The molecule has 0 aliphatic heterocycles. The molecular formula is C16H23NO4S. The van der Waals surface area contributed by atoms with Crippen molar-refractivity contribution in [1.82, 2.24) is 5.32 Å². The fourth-order valence-corrected chi connectivity index (χ4v) is 3.50. The zero-order valence-corrected chi connectivity index (χ0v) is 14.1. The van der Waals surface area contributed by atoms with Gasteiger partial charge in [0.05, 0.1) is 11.4 Å². The quantitative estimate of drug-likeness (QED) is 0.831. The van der Waals surface area contributed by atoms with Gasteiger partial charge in [-0.15, -0.1) is 11.3 Å². The minimum absolute atomic E-state index is 0.143. The molecule has 22 heavy (non-hydrogen) atoms. The van der Waals surface area contributed by atoms with Gasteiger partial charge in [0.1, 0.15) is 5.60 Å². The molecule has 122 valence electrons.